The zero-order valence-corrected chi connectivity index (χ0v) is 10.3. The van der Waals surface area contributed by atoms with Crippen LogP contribution in [0.25, 0.3) is 0 Å². The van der Waals surface area contributed by atoms with Gasteiger partial charge in [-0.15, -0.1) is 0 Å². The number of hydrogen-bond acceptors (Lipinski definition) is 2. The first-order valence-electron chi connectivity index (χ1n) is 5.92. The maximum Gasteiger partial charge on any atom is 0.401 e. The van der Waals surface area contributed by atoms with Gasteiger partial charge in [-0.25, -0.2) is 0 Å². The lowest BCUT2D eigenvalue weighted by Crippen LogP contribution is -2.50. The van der Waals surface area contributed by atoms with Crippen molar-refractivity contribution in [3.8, 4) is 0 Å². The first-order valence-corrected chi connectivity index (χ1v) is 5.92. The third-order valence-corrected chi connectivity index (χ3v) is 2.79. The van der Waals surface area contributed by atoms with Crippen molar-refractivity contribution in [2.45, 2.75) is 58.3 Å². The number of nitrogens with two attached hydrogens (primary N) is 1. The van der Waals surface area contributed by atoms with Crippen LogP contribution in [-0.2, 0) is 0 Å². The summed E-state index contributed by atoms with van der Waals surface area (Å²) in [4.78, 5) is 1.43. The molecule has 0 spiro atoms. The lowest BCUT2D eigenvalue weighted by Gasteiger charge is -2.34. The predicted molar refractivity (Wildman–Crippen MR) is 60.3 cm³/mol. The monoisotopic (exact) mass is 240 g/mol. The molecule has 0 aliphatic carbocycles. The number of rotatable bonds is 7. The van der Waals surface area contributed by atoms with Crippen LogP contribution < -0.4 is 5.73 Å². The smallest absolute Gasteiger partial charge is 0.326 e. The van der Waals surface area contributed by atoms with Crippen molar-refractivity contribution >= 4 is 0 Å². The van der Waals surface area contributed by atoms with Crippen LogP contribution in [0.1, 0.15) is 40.0 Å². The van der Waals surface area contributed by atoms with Gasteiger partial charge in [0.25, 0.3) is 0 Å². The van der Waals surface area contributed by atoms with Gasteiger partial charge < -0.3 is 5.73 Å². The van der Waals surface area contributed by atoms with E-state index in [0.717, 1.165) is 12.8 Å². The molecule has 0 aromatic rings. The van der Waals surface area contributed by atoms with E-state index in [4.69, 9.17) is 5.73 Å². The molecule has 0 bridgehead atoms. The van der Waals surface area contributed by atoms with Gasteiger partial charge in [-0.3, -0.25) is 4.90 Å². The molecule has 5 heteroatoms. The lowest BCUT2D eigenvalue weighted by atomic mass is 10.00. The van der Waals surface area contributed by atoms with E-state index in [-0.39, 0.29) is 12.1 Å². The number of hydrogen-bond donors (Lipinski definition) is 1. The predicted octanol–water partition coefficient (Wildman–Crippen LogP) is 2.78. The Morgan fingerprint density at radius 2 is 1.75 bits per heavy atom. The second-order valence-corrected chi connectivity index (χ2v) is 4.11. The van der Waals surface area contributed by atoms with Crippen LogP contribution in [-0.4, -0.2) is 36.2 Å². The molecule has 0 amide bonds. The number of nitrogens with zero attached hydrogens (tertiary/aromatic N) is 1. The van der Waals surface area contributed by atoms with Gasteiger partial charge in [0.05, 0.1) is 6.54 Å². The van der Waals surface area contributed by atoms with Crippen molar-refractivity contribution < 1.29 is 13.2 Å². The Labute approximate surface area is 96.0 Å². The molecule has 0 aromatic heterocycles. The summed E-state index contributed by atoms with van der Waals surface area (Å²) in [5.41, 5.74) is 5.93. The van der Waals surface area contributed by atoms with Crippen molar-refractivity contribution in [2.75, 3.05) is 13.1 Å². The molecule has 0 heterocycles. The van der Waals surface area contributed by atoms with Crippen molar-refractivity contribution in [1.82, 2.24) is 4.90 Å². The Hall–Kier alpha value is -0.290. The summed E-state index contributed by atoms with van der Waals surface area (Å²) in [5.74, 6) is 0. The van der Waals surface area contributed by atoms with Gasteiger partial charge in [-0.05, 0) is 19.4 Å². The van der Waals surface area contributed by atoms with Gasteiger partial charge in [0.15, 0.2) is 0 Å². The molecule has 0 aliphatic heterocycles. The molecular weight excluding hydrogens is 217 g/mol. The molecule has 0 radical (unpaired) electrons. The van der Waals surface area contributed by atoms with Crippen LogP contribution in [0, 0.1) is 0 Å². The maximum absolute atomic E-state index is 12.4. The average Bonchev–Trinajstić information content (AvgIpc) is 2.16. The highest BCUT2D eigenvalue weighted by Crippen LogP contribution is 2.20. The van der Waals surface area contributed by atoms with Gasteiger partial charge in [0.1, 0.15) is 0 Å². The topological polar surface area (TPSA) is 29.3 Å². The largest absolute Gasteiger partial charge is 0.401 e. The molecule has 0 saturated heterocycles. The summed E-state index contributed by atoms with van der Waals surface area (Å²) in [5, 5.41) is 0. The van der Waals surface area contributed by atoms with Gasteiger partial charge in [0.2, 0.25) is 0 Å². The minimum absolute atomic E-state index is 0.169. The average molecular weight is 240 g/mol. The second-order valence-electron chi connectivity index (χ2n) is 4.11. The first-order chi connectivity index (χ1) is 7.35. The highest BCUT2D eigenvalue weighted by Gasteiger charge is 2.34. The number of halogens is 3. The first kappa shape index (κ1) is 15.7. The third-order valence-electron chi connectivity index (χ3n) is 2.79. The summed E-state index contributed by atoms with van der Waals surface area (Å²) in [6.45, 7) is 5.15. The zero-order chi connectivity index (χ0) is 12.8. The summed E-state index contributed by atoms with van der Waals surface area (Å²) < 4.78 is 37.1. The van der Waals surface area contributed by atoms with E-state index < -0.39 is 12.7 Å². The molecule has 0 rings (SSSR count). The molecule has 0 aromatic carbocycles. The van der Waals surface area contributed by atoms with E-state index in [0.29, 0.717) is 13.0 Å². The Kier molecular flexibility index (Phi) is 6.99. The van der Waals surface area contributed by atoms with Crippen molar-refractivity contribution in [1.29, 1.82) is 0 Å². The van der Waals surface area contributed by atoms with Crippen LogP contribution in [0.2, 0.25) is 0 Å². The summed E-state index contributed by atoms with van der Waals surface area (Å²) in [7, 11) is 0. The van der Waals surface area contributed by atoms with Crippen LogP contribution in [0.15, 0.2) is 0 Å². The summed E-state index contributed by atoms with van der Waals surface area (Å²) in [6.07, 6.45) is -1.81. The number of likely N-dealkylation sites (N-methyl/N-ethyl adjacent to an activating group) is 1. The molecule has 2 unspecified atom stereocenters. The normalized spacial score (nSPS) is 16.5. The fourth-order valence-corrected chi connectivity index (χ4v) is 2.05. The van der Waals surface area contributed by atoms with E-state index in [1.165, 1.54) is 4.90 Å². The van der Waals surface area contributed by atoms with E-state index in [1.54, 1.807) is 6.92 Å². The van der Waals surface area contributed by atoms with Gasteiger partial charge in [0, 0.05) is 12.1 Å². The minimum Gasteiger partial charge on any atom is -0.326 e. The fourth-order valence-electron chi connectivity index (χ4n) is 2.05. The fraction of sp³-hybridized carbons (Fsp3) is 1.00. The standard InChI is InChI=1S/C11H23F3N2/c1-4-7-9(15)10(5-2)16(6-3)8-11(12,13)14/h9-10H,4-8,15H2,1-3H3. The molecule has 0 saturated carbocycles. The van der Waals surface area contributed by atoms with Crippen LogP contribution in [0.4, 0.5) is 13.2 Å². The summed E-state index contributed by atoms with van der Waals surface area (Å²) >= 11 is 0. The van der Waals surface area contributed by atoms with Crippen molar-refractivity contribution in [3.05, 3.63) is 0 Å². The molecular formula is C11H23F3N2. The third kappa shape index (κ3) is 5.70. The van der Waals surface area contributed by atoms with Crippen LogP contribution >= 0.6 is 0 Å². The molecule has 2 nitrogen and oxygen atoms in total. The SMILES string of the molecule is CCCC(N)C(CC)N(CC)CC(F)(F)F. The molecule has 98 valence electrons. The van der Waals surface area contributed by atoms with E-state index >= 15 is 0 Å². The Morgan fingerprint density at radius 1 is 1.19 bits per heavy atom. The second kappa shape index (κ2) is 7.12. The quantitative estimate of drug-likeness (QED) is 0.741. The lowest BCUT2D eigenvalue weighted by molar-refractivity contribution is -0.151. The Morgan fingerprint density at radius 3 is 2.06 bits per heavy atom. The molecule has 2 N–H and O–H groups in total. The zero-order valence-electron chi connectivity index (χ0n) is 10.3. The van der Waals surface area contributed by atoms with Crippen molar-refractivity contribution in [3.63, 3.8) is 0 Å². The summed E-state index contributed by atoms with van der Waals surface area (Å²) in [6, 6.07) is -0.344. The van der Waals surface area contributed by atoms with Crippen LogP contribution in [0.3, 0.4) is 0 Å². The van der Waals surface area contributed by atoms with Crippen molar-refractivity contribution in [2.24, 2.45) is 5.73 Å². The van der Waals surface area contributed by atoms with E-state index in [1.807, 2.05) is 13.8 Å². The highest BCUT2D eigenvalue weighted by atomic mass is 19.4. The van der Waals surface area contributed by atoms with E-state index in [2.05, 4.69) is 0 Å². The Bertz CT molecular complexity index is 183. The van der Waals surface area contributed by atoms with Gasteiger partial charge in [-0.1, -0.05) is 27.2 Å². The van der Waals surface area contributed by atoms with Gasteiger partial charge >= 0.3 is 6.18 Å². The maximum atomic E-state index is 12.4. The van der Waals surface area contributed by atoms with Crippen LogP contribution in [0.5, 0.6) is 0 Å². The van der Waals surface area contributed by atoms with E-state index in [9.17, 15) is 13.2 Å². The van der Waals surface area contributed by atoms with Gasteiger partial charge in [-0.2, -0.15) is 13.2 Å². The molecule has 0 aliphatic rings. The highest BCUT2D eigenvalue weighted by molar-refractivity contribution is 4.81. The number of alkyl halides is 3. The Balaban J connectivity index is 4.49. The molecule has 2 atom stereocenters. The molecule has 0 fully saturated rings. The molecule has 16 heavy (non-hydrogen) atoms. The minimum atomic E-state index is -4.14.